The zero-order chi connectivity index (χ0) is 31.6. The van der Waals surface area contributed by atoms with E-state index in [0.717, 1.165) is 12.8 Å². The van der Waals surface area contributed by atoms with Gasteiger partial charge >= 0.3 is 0 Å². The van der Waals surface area contributed by atoms with Gasteiger partial charge in [-0.15, -0.1) is 0 Å². The van der Waals surface area contributed by atoms with E-state index >= 15 is 0 Å². The molecule has 4 rings (SSSR count). The fourth-order valence-electron chi connectivity index (χ4n) is 6.39. The number of aliphatic hydroxyl groups is 8. The molecule has 0 bridgehead atoms. The Morgan fingerprint density at radius 3 is 1.67 bits per heavy atom. The predicted molar refractivity (Wildman–Crippen MR) is 146 cm³/mol. The van der Waals surface area contributed by atoms with E-state index in [9.17, 15) is 45.3 Å². The van der Waals surface area contributed by atoms with Crippen LogP contribution in [0.5, 0.6) is 0 Å². The van der Waals surface area contributed by atoms with Crippen molar-refractivity contribution < 1.29 is 59.9 Å². The maximum atomic E-state index is 12.0. The average Bonchev–Trinajstić information content (AvgIpc) is 3.48. The van der Waals surface area contributed by atoms with Crippen LogP contribution in [0.4, 0.5) is 0 Å². The van der Waals surface area contributed by atoms with Crippen molar-refractivity contribution in [1.82, 2.24) is 9.80 Å². The monoisotopic (exact) mass is 606 g/mol. The van der Waals surface area contributed by atoms with Crippen molar-refractivity contribution in [2.24, 2.45) is 23.7 Å². The zero-order valence-corrected chi connectivity index (χ0v) is 24.9. The van der Waals surface area contributed by atoms with Crippen LogP contribution in [0.25, 0.3) is 0 Å². The molecule has 4 saturated heterocycles. The molecule has 4 aliphatic rings. The molecule has 244 valence electrons. The second-order valence-electron chi connectivity index (χ2n) is 13.2. The Labute approximate surface area is 246 Å². The van der Waals surface area contributed by atoms with Crippen molar-refractivity contribution >= 4 is 11.8 Å². The summed E-state index contributed by atoms with van der Waals surface area (Å²) in [7, 11) is 0. The first kappa shape index (κ1) is 35.0. The van der Waals surface area contributed by atoms with Crippen LogP contribution in [0, 0.1) is 23.7 Å². The second kappa shape index (κ2) is 14.1. The van der Waals surface area contributed by atoms with Crippen molar-refractivity contribution in [2.45, 2.75) is 102 Å². The summed E-state index contributed by atoms with van der Waals surface area (Å²) in [5, 5.41) is 78.3. The molecule has 10 atom stereocenters. The Morgan fingerprint density at radius 1 is 0.786 bits per heavy atom. The molecule has 8 N–H and O–H groups in total. The molecule has 4 fully saturated rings. The number of amides is 2. The normalized spacial score (nSPS) is 40.8. The van der Waals surface area contributed by atoms with E-state index in [-0.39, 0.29) is 43.3 Å². The molecule has 0 aromatic carbocycles. The lowest BCUT2D eigenvalue weighted by Gasteiger charge is -2.43. The molecule has 0 aromatic heterocycles. The number of β-amino-alcohol motifs (C(OH)–C–C–N with tert-alkyl or cyclic N) is 2. The van der Waals surface area contributed by atoms with Crippen molar-refractivity contribution in [3.8, 4) is 0 Å². The minimum Gasteiger partial charge on any atom is -0.394 e. The van der Waals surface area contributed by atoms with Gasteiger partial charge in [-0.05, 0) is 36.5 Å². The Balaban J connectivity index is 0.000000230. The highest BCUT2D eigenvalue weighted by Gasteiger charge is 2.55. The molecule has 2 unspecified atom stereocenters. The minimum atomic E-state index is -2.04. The van der Waals surface area contributed by atoms with E-state index in [1.165, 1.54) is 9.80 Å². The van der Waals surface area contributed by atoms with Crippen LogP contribution < -0.4 is 0 Å². The maximum absolute atomic E-state index is 12.0. The lowest BCUT2D eigenvalue weighted by molar-refractivity contribution is -0.323. The summed E-state index contributed by atoms with van der Waals surface area (Å²) in [6.07, 6.45) is -5.66. The molecule has 14 heteroatoms. The third-order valence-electron chi connectivity index (χ3n) is 8.42. The number of ether oxygens (including phenoxy) is 2. The van der Waals surface area contributed by atoms with Gasteiger partial charge in [0.25, 0.3) is 0 Å². The Hall–Kier alpha value is -1.46. The molecule has 14 nitrogen and oxygen atoms in total. The Bertz CT molecular complexity index is 883. The van der Waals surface area contributed by atoms with E-state index < -0.39 is 54.8 Å². The van der Waals surface area contributed by atoms with Gasteiger partial charge in [0.1, 0.15) is 36.6 Å². The second-order valence-corrected chi connectivity index (χ2v) is 13.2. The van der Waals surface area contributed by atoms with E-state index in [4.69, 9.17) is 14.6 Å². The number of hydrogen-bond donors (Lipinski definition) is 8. The van der Waals surface area contributed by atoms with Crippen LogP contribution >= 0.6 is 0 Å². The van der Waals surface area contributed by atoms with Crippen molar-refractivity contribution in [3.63, 3.8) is 0 Å². The molecule has 4 aliphatic heterocycles. The van der Waals surface area contributed by atoms with Gasteiger partial charge in [-0.1, -0.05) is 27.7 Å². The zero-order valence-electron chi connectivity index (χ0n) is 24.9. The lowest BCUT2D eigenvalue weighted by Crippen LogP contribution is -2.64. The van der Waals surface area contributed by atoms with E-state index in [1.807, 2.05) is 0 Å². The van der Waals surface area contributed by atoms with Gasteiger partial charge in [-0.2, -0.15) is 0 Å². The highest BCUT2D eigenvalue weighted by molar-refractivity contribution is 5.79. The van der Waals surface area contributed by atoms with Crippen LogP contribution in [-0.4, -0.2) is 150 Å². The van der Waals surface area contributed by atoms with Crippen LogP contribution in [0.1, 0.15) is 53.4 Å². The highest BCUT2D eigenvalue weighted by atomic mass is 16.7. The maximum Gasteiger partial charge on any atom is 0.223 e. The quantitative estimate of drug-likeness (QED) is 0.135. The summed E-state index contributed by atoms with van der Waals surface area (Å²) in [4.78, 5) is 26.9. The number of carbonyl (C=O) groups excluding carboxylic acids is 2. The third kappa shape index (κ3) is 8.17. The molecule has 0 saturated carbocycles. The fraction of sp³-hybridized carbons (Fsp3) is 0.929. The number of likely N-dealkylation sites (tertiary alicyclic amines) is 2. The number of nitrogens with zero attached hydrogens (tertiary/aromatic N) is 2. The molecule has 42 heavy (non-hydrogen) atoms. The molecule has 0 aliphatic carbocycles. The predicted octanol–water partition coefficient (Wildman–Crippen LogP) is -2.63. The highest BCUT2D eigenvalue weighted by Crippen LogP contribution is 2.33. The average molecular weight is 607 g/mol. The van der Waals surface area contributed by atoms with Gasteiger partial charge in [0.05, 0.1) is 26.3 Å². The van der Waals surface area contributed by atoms with Crippen LogP contribution in [0.3, 0.4) is 0 Å². The summed E-state index contributed by atoms with van der Waals surface area (Å²) >= 11 is 0. The van der Waals surface area contributed by atoms with Crippen molar-refractivity contribution in [2.75, 3.05) is 39.4 Å². The van der Waals surface area contributed by atoms with Gasteiger partial charge in [-0.3, -0.25) is 9.59 Å². The molecular formula is C28H50N2O12. The molecular weight excluding hydrogens is 556 g/mol. The number of hydrogen-bond acceptors (Lipinski definition) is 12. The third-order valence-corrected chi connectivity index (χ3v) is 8.42. The van der Waals surface area contributed by atoms with Crippen LogP contribution in [0.2, 0.25) is 0 Å². The van der Waals surface area contributed by atoms with Crippen molar-refractivity contribution in [1.29, 1.82) is 0 Å². The van der Waals surface area contributed by atoms with Gasteiger partial charge < -0.3 is 60.1 Å². The summed E-state index contributed by atoms with van der Waals surface area (Å²) < 4.78 is 10.2. The Kier molecular flexibility index (Phi) is 11.8. The number of rotatable bonds is 9. The summed E-state index contributed by atoms with van der Waals surface area (Å²) in [5.74, 6) is -2.82. The largest absolute Gasteiger partial charge is 0.394 e. The standard InChI is InChI=1S/2C14H25NO6/c1-8(2)3-9-4-11(17)15(5-9)7-14(20)13(19)12(18)10(16)6-21-14;1-8(2)3-9-4-11(17)15(5-9)7-14(20)13(19)12(18)10(6-16)21-14/h2*8-10,12-13,16,18-20H,3-7H2,1-2H3/t2*9-,10+,12+,13-,14?/m00/s1. The van der Waals surface area contributed by atoms with Crippen LogP contribution in [0.15, 0.2) is 0 Å². The summed E-state index contributed by atoms with van der Waals surface area (Å²) in [5.41, 5.74) is 0. The minimum absolute atomic E-state index is 0.0909. The first-order valence-electron chi connectivity index (χ1n) is 14.8. The first-order chi connectivity index (χ1) is 19.5. The summed E-state index contributed by atoms with van der Waals surface area (Å²) in [6.45, 7) is 8.18. The van der Waals surface area contributed by atoms with Crippen LogP contribution in [-0.2, 0) is 19.1 Å². The van der Waals surface area contributed by atoms with E-state index in [0.29, 0.717) is 37.8 Å². The van der Waals surface area contributed by atoms with E-state index in [1.54, 1.807) is 0 Å². The van der Waals surface area contributed by atoms with Gasteiger partial charge in [0.2, 0.25) is 23.4 Å². The lowest BCUT2D eigenvalue weighted by atomic mass is 9.96. The summed E-state index contributed by atoms with van der Waals surface area (Å²) in [6, 6.07) is 0. The first-order valence-corrected chi connectivity index (χ1v) is 14.8. The number of aliphatic hydroxyl groups excluding tert-OH is 6. The molecule has 0 radical (unpaired) electrons. The Morgan fingerprint density at radius 2 is 1.24 bits per heavy atom. The van der Waals surface area contributed by atoms with E-state index in [2.05, 4.69) is 27.7 Å². The smallest absolute Gasteiger partial charge is 0.223 e. The number of carbonyl (C=O) groups is 2. The fourth-order valence-corrected chi connectivity index (χ4v) is 6.39. The molecule has 0 spiro atoms. The van der Waals surface area contributed by atoms with Crippen molar-refractivity contribution in [3.05, 3.63) is 0 Å². The van der Waals surface area contributed by atoms with Gasteiger partial charge in [0.15, 0.2) is 0 Å². The molecule has 0 aromatic rings. The molecule has 4 heterocycles. The SMILES string of the molecule is CC(C)C[C@H]1CC(=O)N(CC2(O)OC[C@@H](O)[C@@H](O)[C@@H]2O)C1.CC(C)C[C@H]1CC(=O)N(CC2(O)O[C@H](CO)[C@@H](O)[C@@H]2O)C1. The van der Waals surface area contributed by atoms with Gasteiger partial charge in [-0.25, -0.2) is 0 Å². The topological polar surface area (TPSA) is 221 Å². The van der Waals surface area contributed by atoms with Gasteiger partial charge in [0, 0.05) is 25.9 Å². The molecule has 2 amide bonds.